The lowest BCUT2D eigenvalue weighted by Crippen LogP contribution is -2.23. The zero-order chi connectivity index (χ0) is 12.7. The van der Waals surface area contributed by atoms with E-state index in [9.17, 15) is 4.39 Å². The summed E-state index contributed by atoms with van der Waals surface area (Å²) in [6.07, 6.45) is 1.18. The molecule has 0 amide bonds. The predicted octanol–water partition coefficient (Wildman–Crippen LogP) is 3.15. The largest absolute Gasteiger partial charge is 0.492 e. The van der Waals surface area contributed by atoms with Crippen LogP contribution in [-0.4, -0.2) is 19.7 Å². The van der Waals surface area contributed by atoms with Crippen LogP contribution in [0, 0.1) is 18.7 Å². The van der Waals surface area contributed by atoms with E-state index in [-0.39, 0.29) is 5.82 Å². The fourth-order valence-corrected chi connectivity index (χ4v) is 1.46. The number of benzene rings is 1. The summed E-state index contributed by atoms with van der Waals surface area (Å²) in [4.78, 5) is 0. The normalized spacial score (nSPS) is 10.9. The molecular weight excluding hydrogens is 217 g/mol. The molecule has 0 spiro atoms. The Kier molecular flexibility index (Phi) is 5.98. The van der Waals surface area contributed by atoms with Gasteiger partial charge < -0.3 is 10.1 Å². The highest BCUT2D eigenvalue weighted by Gasteiger charge is 1.99. The van der Waals surface area contributed by atoms with Gasteiger partial charge in [-0.25, -0.2) is 4.39 Å². The molecule has 1 N–H and O–H groups in total. The maximum absolute atomic E-state index is 13.0. The van der Waals surface area contributed by atoms with Crippen molar-refractivity contribution in [2.75, 3.05) is 19.7 Å². The van der Waals surface area contributed by atoms with Crippen LogP contribution in [0.5, 0.6) is 5.75 Å². The first kappa shape index (κ1) is 14.0. The van der Waals surface area contributed by atoms with Crippen molar-refractivity contribution in [1.82, 2.24) is 5.32 Å². The first-order chi connectivity index (χ1) is 8.09. The summed E-state index contributed by atoms with van der Waals surface area (Å²) in [6.45, 7) is 8.61. The third-order valence-electron chi connectivity index (χ3n) is 2.58. The average molecular weight is 239 g/mol. The molecule has 1 aromatic carbocycles. The molecule has 96 valence electrons. The smallest absolute Gasteiger partial charge is 0.126 e. The number of ether oxygens (including phenoxy) is 1. The van der Waals surface area contributed by atoms with Gasteiger partial charge in [0, 0.05) is 6.54 Å². The van der Waals surface area contributed by atoms with E-state index in [1.807, 2.05) is 0 Å². The molecule has 0 atom stereocenters. The van der Waals surface area contributed by atoms with Crippen molar-refractivity contribution < 1.29 is 9.13 Å². The van der Waals surface area contributed by atoms with Gasteiger partial charge in [-0.05, 0) is 49.6 Å². The Labute approximate surface area is 103 Å². The monoisotopic (exact) mass is 239 g/mol. The lowest BCUT2D eigenvalue weighted by atomic mass is 10.1. The van der Waals surface area contributed by atoms with Gasteiger partial charge >= 0.3 is 0 Å². The minimum atomic E-state index is -0.188. The number of halogens is 1. The number of hydrogen-bond donors (Lipinski definition) is 1. The Balaban J connectivity index is 2.16. The average Bonchev–Trinajstić information content (AvgIpc) is 2.27. The highest BCUT2D eigenvalue weighted by atomic mass is 19.1. The van der Waals surface area contributed by atoms with Crippen molar-refractivity contribution in [1.29, 1.82) is 0 Å². The fourth-order valence-electron chi connectivity index (χ4n) is 1.46. The van der Waals surface area contributed by atoms with E-state index in [0.29, 0.717) is 12.2 Å². The molecule has 1 aromatic rings. The van der Waals surface area contributed by atoms with Gasteiger partial charge in [-0.3, -0.25) is 0 Å². The summed E-state index contributed by atoms with van der Waals surface area (Å²) >= 11 is 0. The van der Waals surface area contributed by atoms with Crippen molar-refractivity contribution in [3.8, 4) is 5.75 Å². The van der Waals surface area contributed by atoms with Crippen molar-refractivity contribution >= 4 is 0 Å². The Morgan fingerprint density at radius 1 is 1.29 bits per heavy atom. The molecular formula is C14H22FNO. The van der Waals surface area contributed by atoms with E-state index in [2.05, 4.69) is 19.2 Å². The van der Waals surface area contributed by atoms with Crippen molar-refractivity contribution in [2.24, 2.45) is 5.92 Å². The molecule has 0 aliphatic carbocycles. The SMILES string of the molecule is Cc1cc(OCCNCCC(C)C)ccc1F. The van der Waals surface area contributed by atoms with Gasteiger partial charge in [-0.15, -0.1) is 0 Å². The molecule has 0 heterocycles. The van der Waals surface area contributed by atoms with Gasteiger partial charge in [0.2, 0.25) is 0 Å². The minimum absolute atomic E-state index is 0.188. The molecule has 17 heavy (non-hydrogen) atoms. The van der Waals surface area contributed by atoms with Crippen molar-refractivity contribution in [3.05, 3.63) is 29.6 Å². The Morgan fingerprint density at radius 2 is 2.06 bits per heavy atom. The van der Waals surface area contributed by atoms with Crippen molar-refractivity contribution in [2.45, 2.75) is 27.2 Å². The van der Waals surface area contributed by atoms with Crippen LogP contribution in [0.25, 0.3) is 0 Å². The first-order valence-electron chi connectivity index (χ1n) is 6.19. The predicted molar refractivity (Wildman–Crippen MR) is 69.0 cm³/mol. The molecule has 0 aliphatic heterocycles. The van der Waals surface area contributed by atoms with E-state index in [1.165, 1.54) is 12.5 Å². The highest BCUT2D eigenvalue weighted by molar-refractivity contribution is 5.28. The topological polar surface area (TPSA) is 21.3 Å². The molecule has 0 unspecified atom stereocenters. The second kappa shape index (κ2) is 7.28. The van der Waals surface area contributed by atoms with Crippen LogP contribution in [0.3, 0.4) is 0 Å². The van der Waals surface area contributed by atoms with E-state index < -0.39 is 0 Å². The third-order valence-corrected chi connectivity index (χ3v) is 2.58. The van der Waals surface area contributed by atoms with Crippen LogP contribution in [0.2, 0.25) is 0 Å². The van der Waals surface area contributed by atoms with Crippen LogP contribution in [0.4, 0.5) is 4.39 Å². The van der Waals surface area contributed by atoms with Gasteiger partial charge in [-0.2, -0.15) is 0 Å². The fraction of sp³-hybridized carbons (Fsp3) is 0.571. The quantitative estimate of drug-likeness (QED) is 0.738. The van der Waals surface area contributed by atoms with Gasteiger partial charge in [0.25, 0.3) is 0 Å². The summed E-state index contributed by atoms with van der Waals surface area (Å²) in [5.74, 6) is 1.27. The highest BCUT2D eigenvalue weighted by Crippen LogP contribution is 2.15. The van der Waals surface area contributed by atoms with Gasteiger partial charge in [0.1, 0.15) is 18.2 Å². The number of rotatable bonds is 7. The number of nitrogens with one attached hydrogen (secondary N) is 1. The van der Waals surface area contributed by atoms with Gasteiger partial charge in [0.05, 0.1) is 0 Å². The van der Waals surface area contributed by atoms with E-state index in [4.69, 9.17) is 4.74 Å². The second-order valence-corrected chi connectivity index (χ2v) is 4.69. The Hall–Kier alpha value is -1.09. The summed E-state index contributed by atoms with van der Waals surface area (Å²) in [5.41, 5.74) is 0.621. The van der Waals surface area contributed by atoms with Crippen LogP contribution >= 0.6 is 0 Å². The molecule has 3 heteroatoms. The van der Waals surface area contributed by atoms with Gasteiger partial charge in [0.15, 0.2) is 0 Å². The summed E-state index contributed by atoms with van der Waals surface area (Å²) in [7, 11) is 0. The molecule has 0 saturated carbocycles. The lowest BCUT2D eigenvalue weighted by Gasteiger charge is -2.09. The third kappa shape index (κ3) is 5.68. The molecule has 0 saturated heterocycles. The molecule has 0 aromatic heterocycles. The first-order valence-corrected chi connectivity index (χ1v) is 6.19. The number of aryl methyl sites for hydroxylation is 1. The number of hydrogen-bond acceptors (Lipinski definition) is 2. The van der Waals surface area contributed by atoms with E-state index >= 15 is 0 Å². The van der Waals surface area contributed by atoms with E-state index in [0.717, 1.165) is 24.8 Å². The zero-order valence-electron chi connectivity index (χ0n) is 10.9. The van der Waals surface area contributed by atoms with Crippen LogP contribution < -0.4 is 10.1 Å². The van der Waals surface area contributed by atoms with Crippen LogP contribution in [-0.2, 0) is 0 Å². The molecule has 0 aliphatic rings. The summed E-state index contributed by atoms with van der Waals surface area (Å²) < 4.78 is 18.5. The van der Waals surface area contributed by atoms with Crippen LogP contribution in [0.1, 0.15) is 25.8 Å². The van der Waals surface area contributed by atoms with Crippen molar-refractivity contribution in [3.63, 3.8) is 0 Å². The van der Waals surface area contributed by atoms with Gasteiger partial charge in [-0.1, -0.05) is 13.8 Å². The molecule has 0 bridgehead atoms. The summed E-state index contributed by atoms with van der Waals surface area (Å²) in [5, 5.41) is 3.31. The minimum Gasteiger partial charge on any atom is -0.492 e. The molecule has 1 rings (SSSR count). The Morgan fingerprint density at radius 3 is 2.71 bits per heavy atom. The Bertz CT molecular complexity index is 339. The maximum Gasteiger partial charge on any atom is 0.126 e. The molecule has 0 fully saturated rings. The van der Waals surface area contributed by atoms with E-state index in [1.54, 1.807) is 19.1 Å². The molecule has 2 nitrogen and oxygen atoms in total. The second-order valence-electron chi connectivity index (χ2n) is 4.69. The maximum atomic E-state index is 13.0. The molecule has 0 radical (unpaired) electrons. The summed E-state index contributed by atoms with van der Waals surface area (Å²) in [6, 6.07) is 4.83. The zero-order valence-corrected chi connectivity index (χ0v) is 10.9. The standard InChI is InChI=1S/C14H22FNO/c1-11(2)6-7-16-8-9-17-13-4-5-14(15)12(3)10-13/h4-5,10-11,16H,6-9H2,1-3H3. The van der Waals surface area contributed by atoms with Crippen LogP contribution in [0.15, 0.2) is 18.2 Å². The lowest BCUT2D eigenvalue weighted by molar-refractivity contribution is 0.311.